The van der Waals surface area contributed by atoms with Crippen LogP contribution in [0.1, 0.15) is 5.69 Å². The lowest BCUT2D eigenvalue weighted by Gasteiger charge is -1.96. The van der Waals surface area contributed by atoms with Crippen LogP contribution in [0.5, 0.6) is 0 Å². The molecule has 0 bridgehead atoms. The van der Waals surface area contributed by atoms with Gasteiger partial charge in [-0.2, -0.15) is 0 Å². The zero-order chi connectivity index (χ0) is 8.39. The molecule has 1 aromatic carbocycles. The first kappa shape index (κ1) is 7.37. The third kappa shape index (κ3) is 1.10. The lowest BCUT2D eigenvalue weighted by molar-refractivity contribution is 0.802. The summed E-state index contributed by atoms with van der Waals surface area (Å²) in [5, 5.41) is 5.72. The first-order chi connectivity index (χ1) is 5.92. The zero-order valence-corrected chi connectivity index (χ0v) is 7.09. The Hall–Kier alpha value is -1.28. The fraction of sp³-hybridized carbons (Fsp3) is 0.200. The number of hydrogen-bond acceptors (Lipinski definition) is 1. The first-order valence-electron chi connectivity index (χ1n) is 4.11. The van der Waals surface area contributed by atoms with E-state index in [1.54, 1.807) is 0 Å². The molecule has 2 rings (SSSR count). The maximum atomic E-state index is 3.25. The molecule has 0 atom stereocenters. The van der Waals surface area contributed by atoms with Crippen molar-refractivity contribution in [3.8, 4) is 0 Å². The highest BCUT2D eigenvalue weighted by molar-refractivity contribution is 5.85. The number of hydrogen-bond donors (Lipinski definition) is 2. The van der Waals surface area contributed by atoms with Crippen molar-refractivity contribution in [1.29, 1.82) is 0 Å². The van der Waals surface area contributed by atoms with Crippen LogP contribution in [0.3, 0.4) is 0 Å². The molecular formula is C10H12N2. The van der Waals surface area contributed by atoms with Crippen LogP contribution >= 0.6 is 0 Å². The Morgan fingerprint density at radius 3 is 3.00 bits per heavy atom. The van der Waals surface area contributed by atoms with E-state index in [2.05, 4.69) is 34.6 Å². The van der Waals surface area contributed by atoms with Crippen molar-refractivity contribution in [2.24, 2.45) is 0 Å². The number of benzene rings is 1. The highest BCUT2D eigenvalue weighted by Crippen LogP contribution is 2.16. The Morgan fingerprint density at radius 1 is 1.33 bits per heavy atom. The predicted molar refractivity (Wildman–Crippen MR) is 51.1 cm³/mol. The predicted octanol–water partition coefficient (Wildman–Crippen LogP) is 1.89. The van der Waals surface area contributed by atoms with Crippen molar-refractivity contribution in [3.63, 3.8) is 0 Å². The van der Waals surface area contributed by atoms with Gasteiger partial charge in [-0.25, -0.2) is 0 Å². The van der Waals surface area contributed by atoms with Crippen molar-refractivity contribution >= 4 is 10.8 Å². The normalized spacial score (nSPS) is 10.8. The number of aromatic amines is 1. The molecule has 0 aliphatic rings. The first-order valence-corrected chi connectivity index (χ1v) is 4.11. The van der Waals surface area contributed by atoms with E-state index >= 15 is 0 Å². The molecule has 62 valence electrons. The van der Waals surface area contributed by atoms with E-state index in [4.69, 9.17) is 0 Å². The monoisotopic (exact) mass is 160 g/mol. The summed E-state index contributed by atoms with van der Waals surface area (Å²) in [6.07, 6.45) is 2.04. The average Bonchev–Trinajstić information content (AvgIpc) is 2.50. The smallest absolute Gasteiger partial charge is 0.0367 e. The minimum Gasteiger partial charge on any atom is -0.363 e. The highest BCUT2D eigenvalue weighted by atomic mass is 14.8. The van der Waals surface area contributed by atoms with Crippen molar-refractivity contribution in [2.45, 2.75) is 6.54 Å². The summed E-state index contributed by atoms with van der Waals surface area (Å²) in [7, 11) is 1.95. The molecule has 0 radical (unpaired) electrons. The van der Waals surface area contributed by atoms with E-state index in [1.165, 1.54) is 16.5 Å². The van der Waals surface area contributed by atoms with Gasteiger partial charge in [0.25, 0.3) is 0 Å². The molecule has 0 unspecified atom stereocenters. The second-order valence-corrected chi connectivity index (χ2v) is 2.88. The number of fused-ring (bicyclic) bond motifs is 1. The van der Waals surface area contributed by atoms with Gasteiger partial charge >= 0.3 is 0 Å². The van der Waals surface area contributed by atoms with Gasteiger partial charge in [0.2, 0.25) is 0 Å². The number of H-pyrrole nitrogens is 1. The third-order valence-electron chi connectivity index (χ3n) is 2.04. The largest absolute Gasteiger partial charge is 0.363 e. The third-order valence-corrected chi connectivity index (χ3v) is 2.04. The Morgan fingerprint density at radius 2 is 2.17 bits per heavy atom. The van der Waals surface area contributed by atoms with Crippen LogP contribution in [-0.2, 0) is 6.54 Å². The van der Waals surface area contributed by atoms with Gasteiger partial charge in [0, 0.05) is 23.8 Å². The zero-order valence-electron chi connectivity index (χ0n) is 7.09. The van der Waals surface area contributed by atoms with Gasteiger partial charge in [0.1, 0.15) is 0 Å². The molecular weight excluding hydrogens is 148 g/mol. The van der Waals surface area contributed by atoms with E-state index in [-0.39, 0.29) is 0 Å². The van der Waals surface area contributed by atoms with E-state index in [0.29, 0.717) is 0 Å². The Balaban J connectivity index is 2.55. The van der Waals surface area contributed by atoms with Crippen molar-refractivity contribution in [1.82, 2.24) is 10.3 Å². The minimum absolute atomic E-state index is 0.896. The van der Waals surface area contributed by atoms with Crippen LogP contribution in [0.25, 0.3) is 10.8 Å². The van der Waals surface area contributed by atoms with Crippen LogP contribution in [0.15, 0.2) is 30.5 Å². The fourth-order valence-corrected chi connectivity index (χ4v) is 1.46. The van der Waals surface area contributed by atoms with Crippen LogP contribution in [0.4, 0.5) is 0 Å². The molecule has 0 saturated heterocycles. The highest BCUT2D eigenvalue weighted by Gasteiger charge is 1.99. The molecule has 0 amide bonds. The lowest BCUT2D eigenvalue weighted by atomic mass is 10.2. The topological polar surface area (TPSA) is 27.8 Å². The number of nitrogens with one attached hydrogen (secondary N) is 2. The molecule has 0 aliphatic carbocycles. The molecule has 2 heteroatoms. The molecule has 0 spiro atoms. The molecule has 0 aliphatic heterocycles. The van der Waals surface area contributed by atoms with Crippen LogP contribution in [0.2, 0.25) is 0 Å². The van der Waals surface area contributed by atoms with Crippen molar-refractivity contribution in [3.05, 3.63) is 36.2 Å². The van der Waals surface area contributed by atoms with Gasteiger partial charge in [-0.15, -0.1) is 0 Å². The number of rotatable bonds is 2. The average molecular weight is 160 g/mol. The van der Waals surface area contributed by atoms with E-state index in [0.717, 1.165) is 6.54 Å². The fourth-order valence-electron chi connectivity index (χ4n) is 1.46. The molecule has 0 fully saturated rings. The maximum absolute atomic E-state index is 3.25. The van der Waals surface area contributed by atoms with Gasteiger partial charge in [-0.1, -0.05) is 24.3 Å². The summed E-state index contributed by atoms with van der Waals surface area (Å²) >= 11 is 0. The van der Waals surface area contributed by atoms with Gasteiger partial charge in [-0.3, -0.25) is 0 Å². The van der Waals surface area contributed by atoms with E-state index in [9.17, 15) is 0 Å². The molecule has 2 N–H and O–H groups in total. The van der Waals surface area contributed by atoms with Crippen LogP contribution < -0.4 is 5.32 Å². The molecule has 1 aromatic heterocycles. The minimum atomic E-state index is 0.896. The van der Waals surface area contributed by atoms with E-state index in [1.807, 2.05) is 13.2 Å². The summed E-state index contributed by atoms with van der Waals surface area (Å²) in [6.45, 7) is 0.896. The second kappa shape index (κ2) is 2.99. The van der Waals surface area contributed by atoms with Crippen molar-refractivity contribution in [2.75, 3.05) is 7.05 Å². The summed E-state index contributed by atoms with van der Waals surface area (Å²) in [6, 6.07) is 8.37. The summed E-state index contributed by atoms with van der Waals surface area (Å²) in [4.78, 5) is 3.25. The molecule has 1 heterocycles. The molecule has 0 saturated carbocycles. The SMILES string of the molecule is CNCc1[nH]cc2ccccc12. The van der Waals surface area contributed by atoms with Gasteiger partial charge in [0.15, 0.2) is 0 Å². The van der Waals surface area contributed by atoms with Crippen LogP contribution in [-0.4, -0.2) is 12.0 Å². The van der Waals surface area contributed by atoms with E-state index < -0.39 is 0 Å². The number of aromatic nitrogens is 1. The van der Waals surface area contributed by atoms with Crippen molar-refractivity contribution < 1.29 is 0 Å². The Bertz CT molecular complexity index is 376. The van der Waals surface area contributed by atoms with Gasteiger partial charge in [0.05, 0.1) is 0 Å². The van der Waals surface area contributed by atoms with Gasteiger partial charge in [-0.05, 0) is 12.4 Å². The quantitative estimate of drug-likeness (QED) is 0.689. The standard InChI is InChI=1S/C10H12N2/c1-11-7-10-9-5-3-2-4-8(9)6-12-10/h2-6,11-12H,7H2,1H3. The second-order valence-electron chi connectivity index (χ2n) is 2.88. The summed E-state index contributed by atoms with van der Waals surface area (Å²) < 4.78 is 0. The molecule has 2 aromatic rings. The molecule has 12 heavy (non-hydrogen) atoms. The van der Waals surface area contributed by atoms with Crippen LogP contribution in [0, 0.1) is 0 Å². The summed E-state index contributed by atoms with van der Waals surface area (Å²) in [5.74, 6) is 0. The maximum Gasteiger partial charge on any atom is 0.0367 e. The van der Waals surface area contributed by atoms with Gasteiger partial charge < -0.3 is 10.3 Å². The Kier molecular flexibility index (Phi) is 1.84. The molecule has 2 nitrogen and oxygen atoms in total. The summed E-state index contributed by atoms with van der Waals surface area (Å²) in [5.41, 5.74) is 1.26. The Labute approximate surface area is 71.6 Å². The lowest BCUT2D eigenvalue weighted by Crippen LogP contribution is -2.05.